The van der Waals surface area contributed by atoms with Crippen LogP contribution >= 0.6 is 0 Å². The van der Waals surface area contributed by atoms with Crippen LogP contribution in [0.3, 0.4) is 0 Å². The molecule has 1 aromatic carbocycles. The highest BCUT2D eigenvalue weighted by atomic mass is 19.4. The lowest BCUT2D eigenvalue weighted by Gasteiger charge is -2.37. The summed E-state index contributed by atoms with van der Waals surface area (Å²) in [6.45, 7) is 2.86. The van der Waals surface area contributed by atoms with Crippen molar-refractivity contribution in [3.63, 3.8) is 0 Å². The van der Waals surface area contributed by atoms with Gasteiger partial charge in [0.25, 0.3) is 5.91 Å². The topological polar surface area (TPSA) is 81.8 Å². The minimum atomic E-state index is -4.55. The van der Waals surface area contributed by atoms with Crippen molar-refractivity contribution in [2.75, 3.05) is 36.4 Å². The van der Waals surface area contributed by atoms with Gasteiger partial charge in [-0.2, -0.15) is 13.2 Å². The fourth-order valence-corrected chi connectivity index (χ4v) is 3.72. The Morgan fingerprint density at radius 3 is 2.52 bits per heavy atom. The molecule has 2 N–H and O–H groups in total. The molecule has 0 aliphatic carbocycles. The number of aromatic nitrogens is 1. The lowest BCUT2D eigenvalue weighted by atomic mass is 10.1. The Morgan fingerprint density at radius 2 is 1.88 bits per heavy atom. The van der Waals surface area contributed by atoms with Gasteiger partial charge in [-0.1, -0.05) is 6.07 Å². The van der Waals surface area contributed by atoms with Gasteiger partial charge in [-0.15, -0.1) is 0 Å². The Labute approximate surface area is 188 Å². The fraction of sp³-hybridized carbons (Fsp3) is 0.304. The summed E-state index contributed by atoms with van der Waals surface area (Å²) < 4.78 is 45.2. The van der Waals surface area contributed by atoms with Crippen molar-refractivity contribution in [3.8, 4) is 0 Å². The Balaban J connectivity index is 1.51. The highest BCUT2D eigenvalue weighted by Gasteiger charge is 2.32. The van der Waals surface area contributed by atoms with Gasteiger partial charge in [0.05, 0.1) is 22.6 Å². The fourth-order valence-electron chi connectivity index (χ4n) is 3.72. The first-order chi connectivity index (χ1) is 15.8. The summed E-state index contributed by atoms with van der Waals surface area (Å²) in [4.78, 5) is 21.1. The molecule has 0 saturated carbocycles. The average molecular weight is 460 g/mol. The summed E-state index contributed by atoms with van der Waals surface area (Å²) >= 11 is 0. The number of aliphatic hydroxyl groups is 1. The van der Waals surface area contributed by atoms with E-state index >= 15 is 0 Å². The number of furan rings is 1. The van der Waals surface area contributed by atoms with Gasteiger partial charge in [-0.3, -0.25) is 14.7 Å². The number of amides is 1. The van der Waals surface area contributed by atoms with Gasteiger partial charge in [0.2, 0.25) is 0 Å². The number of rotatable bonds is 6. The van der Waals surface area contributed by atoms with E-state index in [4.69, 9.17) is 9.52 Å². The number of piperazine rings is 1. The van der Waals surface area contributed by atoms with Crippen LogP contribution in [0.4, 0.5) is 24.5 Å². The summed E-state index contributed by atoms with van der Waals surface area (Å²) in [5.41, 5.74) is 0.651. The van der Waals surface area contributed by atoms with Crippen LogP contribution in [-0.4, -0.2) is 47.1 Å². The molecule has 1 fully saturated rings. The minimum Gasteiger partial charge on any atom is -0.453 e. The van der Waals surface area contributed by atoms with Crippen molar-refractivity contribution in [3.05, 3.63) is 77.5 Å². The first-order valence-electron chi connectivity index (χ1n) is 10.4. The van der Waals surface area contributed by atoms with E-state index in [1.807, 2.05) is 23.1 Å². The monoisotopic (exact) mass is 460 g/mol. The van der Waals surface area contributed by atoms with Crippen LogP contribution in [-0.2, 0) is 19.3 Å². The van der Waals surface area contributed by atoms with Gasteiger partial charge >= 0.3 is 6.18 Å². The largest absolute Gasteiger partial charge is 0.453 e. The van der Waals surface area contributed by atoms with Crippen LogP contribution in [0.25, 0.3) is 0 Å². The summed E-state index contributed by atoms with van der Waals surface area (Å²) in [6.07, 6.45) is -2.81. The molecule has 10 heteroatoms. The van der Waals surface area contributed by atoms with Crippen LogP contribution in [0.5, 0.6) is 0 Å². The van der Waals surface area contributed by atoms with Crippen LogP contribution in [0.1, 0.15) is 27.6 Å². The van der Waals surface area contributed by atoms with Crippen molar-refractivity contribution in [1.82, 2.24) is 9.88 Å². The van der Waals surface area contributed by atoms with Crippen molar-refractivity contribution in [2.24, 2.45) is 0 Å². The van der Waals surface area contributed by atoms with Crippen LogP contribution in [0.15, 0.2) is 59.1 Å². The van der Waals surface area contributed by atoms with Crippen molar-refractivity contribution in [2.45, 2.75) is 19.3 Å². The molecule has 0 bridgehead atoms. The van der Waals surface area contributed by atoms with E-state index in [1.165, 1.54) is 18.2 Å². The Kier molecular flexibility index (Phi) is 6.66. The van der Waals surface area contributed by atoms with E-state index in [0.29, 0.717) is 38.4 Å². The Hall–Kier alpha value is -3.37. The lowest BCUT2D eigenvalue weighted by molar-refractivity contribution is -0.137. The molecule has 0 unspecified atom stereocenters. The standard InChI is InChI=1S/C23H23F3N4O3/c24-23(25,26)16-4-6-20(19(13-16)28-22(32)21-7-5-18(15-31)33-21)30-11-9-29(10-12-30)14-17-3-1-2-8-27-17/h1-8,13,31H,9-12,14-15H2,(H,28,32). The number of halogens is 3. The second kappa shape index (κ2) is 9.63. The van der Waals surface area contributed by atoms with Crippen molar-refractivity contribution < 1.29 is 27.5 Å². The predicted molar refractivity (Wildman–Crippen MR) is 116 cm³/mol. The highest BCUT2D eigenvalue weighted by molar-refractivity contribution is 6.04. The molecular formula is C23H23F3N4O3. The number of aliphatic hydroxyl groups excluding tert-OH is 1. The molecule has 4 rings (SSSR count). The van der Waals surface area contributed by atoms with Gasteiger partial charge in [0.15, 0.2) is 5.76 Å². The number of carbonyl (C=O) groups excluding carboxylic acids is 1. The molecule has 1 amide bonds. The van der Waals surface area contributed by atoms with E-state index in [0.717, 1.165) is 17.8 Å². The number of anilines is 2. The maximum absolute atomic E-state index is 13.3. The minimum absolute atomic E-state index is 0.0509. The van der Waals surface area contributed by atoms with Gasteiger partial charge in [-0.05, 0) is 42.5 Å². The molecular weight excluding hydrogens is 437 g/mol. The molecule has 0 atom stereocenters. The third kappa shape index (κ3) is 5.52. The van der Waals surface area contributed by atoms with E-state index in [9.17, 15) is 18.0 Å². The first-order valence-corrected chi connectivity index (χ1v) is 10.4. The number of alkyl halides is 3. The molecule has 174 valence electrons. The van der Waals surface area contributed by atoms with Gasteiger partial charge in [0.1, 0.15) is 12.4 Å². The summed E-state index contributed by atoms with van der Waals surface area (Å²) in [5, 5.41) is 11.7. The number of carbonyl (C=O) groups is 1. The summed E-state index contributed by atoms with van der Waals surface area (Å²) in [7, 11) is 0. The zero-order valence-corrected chi connectivity index (χ0v) is 17.7. The van der Waals surface area contributed by atoms with Gasteiger partial charge in [-0.25, -0.2) is 0 Å². The summed E-state index contributed by atoms with van der Waals surface area (Å²) in [6, 6.07) is 11.9. The second-order valence-corrected chi connectivity index (χ2v) is 7.69. The molecule has 3 heterocycles. The zero-order valence-electron chi connectivity index (χ0n) is 17.7. The van der Waals surface area contributed by atoms with Crippen molar-refractivity contribution in [1.29, 1.82) is 0 Å². The third-order valence-corrected chi connectivity index (χ3v) is 5.44. The normalized spacial score (nSPS) is 15.0. The van der Waals surface area contributed by atoms with Gasteiger partial charge < -0.3 is 19.7 Å². The molecule has 0 radical (unpaired) electrons. The second-order valence-electron chi connectivity index (χ2n) is 7.69. The maximum atomic E-state index is 13.3. The average Bonchev–Trinajstić information content (AvgIpc) is 3.29. The molecule has 3 aromatic rings. The van der Waals surface area contributed by atoms with Gasteiger partial charge in [0, 0.05) is 38.9 Å². The molecule has 1 saturated heterocycles. The molecule has 1 aliphatic rings. The van der Waals surface area contributed by atoms with E-state index in [1.54, 1.807) is 6.20 Å². The number of benzene rings is 1. The smallest absolute Gasteiger partial charge is 0.416 e. The molecule has 0 spiro atoms. The quantitative estimate of drug-likeness (QED) is 0.583. The molecule has 7 nitrogen and oxygen atoms in total. The number of nitrogens with one attached hydrogen (secondary N) is 1. The Morgan fingerprint density at radius 1 is 1.09 bits per heavy atom. The SMILES string of the molecule is O=C(Nc1cc(C(F)(F)F)ccc1N1CCN(Cc2ccccn2)CC1)c1ccc(CO)o1. The lowest BCUT2D eigenvalue weighted by Crippen LogP contribution is -2.46. The third-order valence-electron chi connectivity index (χ3n) is 5.44. The predicted octanol–water partition coefficient (Wildman–Crippen LogP) is 3.76. The number of nitrogens with zero attached hydrogens (tertiary/aromatic N) is 3. The van der Waals surface area contributed by atoms with E-state index < -0.39 is 17.6 Å². The zero-order chi connectivity index (χ0) is 23.4. The van der Waals surface area contributed by atoms with E-state index in [-0.39, 0.29) is 23.8 Å². The van der Waals surface area contributed by atoms with Crippen LogP contribution in [0.2, 0.25) is 0 Å². The first kappa shape index (κ1) is 22.8. The number of hydrogen-bond acceptors (Lipinski definition) is 6. The molecule has 2 aromatic heterocycles. The van der Waals surface area contributed by atoms with Crippen LogP contribution in [0, 0.1) is 0 Å². The highest BCUT2D eigenvalue weighted by Crippen LogP contribution is 2.36. The van der Waals surface area contributed by atoms with Crippen LogP contribution < -0.4 is 10.2 Å². The Bertz CT molecular complexity index is 1090. The number of pyridine rings is 1. The summed E-state index contributed by atoms with van der Waals surface area (Å²) in [5.74, 6) is -0.597. The van der Waals surface area contributed by atoms with E-state index in [2.05, 4.69) is 15.2 Å². The maximum Gasteiger partial charge on any atom is 0.416 e. The van der Waals surface area contributed by atoms with Crippen molar-refractivity contribution >= 4 is 17.3 Å². The number of hydrogen-bond donors (Lipinski definition) is 2. The molecule has 1 aliphatic heterocycles. The molecule has 33 heavy (non-hydrogen) atoms.